The van der Waals surface area contributed by atoms with E-state index in [1.54, 1.807) is 11.3 Å². The Morgan fingerprint density at radius 2 is 1.23 bits per heavy atom. The van der Waals surface area contributed by atoms with Crippen LogP contribution in [0.3, 0.4) is 0 Å². The quantitative estimate of drug-likeness (QED) is 0.232. The van der Waals surface area contributed by atoms with E-state index in [-0.39, 0.29) is 0 Å². The summed E-state index contributed by atoms with van der Waals surface area (Å²) < 4.78 is 8.72. The monoisotopic (exact) mass is 518 g/mol. The summed E-state index contributed by atoms with van der Waals surface area (Å²) in [6, 6.07) is 42.5. The Labute approximate surface area is 229 Å². The van der Waals surface area contributed by atoms with Crippen molar-refractivity contribution in [2.24, 2.45) is 0 Å². The number of hydrogen-bond donors (Lipinski definition) is 0. The van der Waals surface area contributed by atoms with Gasteiger partial charge in [-0.2, -0.15) is 0 Å². The Kier molecular flexibility index (Phi) is 5.00. The molecule has 0 saturated heterocycles. The maximum atomic E-state index is 6.29. The van der Waals surface area contributed by atoms with Gasteiger partial charge in [-0.25, -0.2) is 0 Å². The highest BCUT2D eigenvalue weighted by Crippen LogP contribution is 2.47. The van der Waals surface area contributed by atoms with Gasteiger partial charge in [-0.15, -0.1) is 11.3 Å². The van der Waals surface area contributed by atoms with E-state index in [0.29, 0.717) is 0 Å². The third-order valence-electron chi connectivity index (χ3n) is 7.36. The van der Waals surface area contributed by atoms with E-state index in [2.05, 4.69) is 102 Å². The molecule has 0 bridgehead atoms. The number of nitrogens with zero attached hydrogens (tertiary/aromatic N) is 2. The Morgan fingerprint density at radius 1 is 0.513 bits per heavy atom. The van der Waals surface area contributed by atoms with E-state index in [0.717, 1.165) is 39.0 Å². The minimum Gasteiger partial charge on any atom is -0.456 e. The molecule has 0 saturated carbocycles. The highest BCUT2D eigenvalue weighted by molar-refractivity contribution is 7.25. The lowest BCUT2D eigenvalue weighted by Gasteiger charge is -2.27. The number of para-hydroxylation sites is 1. The van der Waals surface area contributed by atoms with Crippen molar-refractivity contribution in [3.8, 4) is 11.1 Å². The van der Waals surface area contributed by atoms with E-state index in [4.69, 9.17) is 9.40 Å². The smallest absolute Gasteiger partial charge is 0.137 e. The van der Waals surface area contributed by atoms with Crippen LogP contribution in [0.5, 0.6) is 0 Å². The van der Waals surface area contributed by atoms with Crippen LogP contribution in [0.2, 0.25) is 0 Å². The number of fused-ring (bicyclic) bond motifs is 6. The second kappa shape index (κ2) is 8.83. The van der Waals surface area contributed by atoms with Gasteiger partial charge in [0.2, 0.25) is 0 Å². The lowest BCUT2D eigenvalue weighted by atomic mass is 10.0. The zero-order chi connectivity index (χ0) is 25.8. The first-order valence-corrected chi connectivity index (χ1v) is 13.8. The zero-order valence-electron chi connectivity index (χ0n) is 20.9. The maximum Gasteiger partial charge on any atom is 0.137 e. The molecule has 5 aromatic carbocycles. The molecule has 8 aromatic rings. The summed E-state index contributed by atoms with van der Waals surface area (Å²) in [5, 5.41) is 4.65. The highest BCUT2D eigenvalue weighted by Gasteiger charge is 2.22. The predicted octanol–water partition coefficient (Wildman–Crippen LogP) is 10.5. The van der Waals surface area contributed by atoms with Crippen molar-refractivity contribution >= 4 is 70.5 Å². The molecule has 0 aliphatic rings. The largest absolute Gasteiger partial charge is 0.456 e. The van der Waals surface area contributed by atoms with Crippen molar-refractivity contribution in [1.82, 2.24) is 4.98 Å². The molecule has 0 amide bonds. The molecule has 4 heteroatoms. The lowest BCUT2D eigenvalue weighted by Crippen LogP contribution is -2.11. The van der Waals surface area contributed by atoms with Crippen molar-refractivity contribution in [2.75, 3.05) is 4.90 Å². The molecular formula is C35H22N2OS. The van der Waals surface area contributed by atoms with E-state index >= 15 is 0 Å². The van der Waals surface area contributed by atoms with Gasteiger partial charge in [0.15, 0.2) is 0 Å². The number of thiophene rings is 1. The number of anilines is 3. The molecule has 0 N–H and O–H groups in total. The molecule has 0 spiro atoms. The van der Waals surface area contributed by atoms with E-state index in [1.165, 1.54) is 31.3 Å². The van der Waals surface area contributed by atoms with E-state index in [1.807, 2.05) is 36.7 Å². The van der Waals surface area contributed by atoms with Gasteiger partial charge >= 0.3 is 0 Å². The summed E-state index contributed by atoms with van der Waals surface area (Å²) in [6.45, 7) is 0. The molecule has 8 rings (SSSR count). The fourth-order valence-corrected chi connectivity index (χ4v) is 6.71. The van der Waals surface area contributed by atoms with Crippen molar-refractivity contribution in [3.05, 3.63) is 134 Å². The van der Waals surface area contributed by atoms with Crippen LogP contribution >= 0.6 is 11.3 Å². The van der Waals surface area contributed by atoms with Crippen LogP contribution in [0.25, 0.3) is 53.2 Å². The second-order valence-electron chi connectivity index (χ2n) is 9.63. The van der Waals surface area contributed by atoms with Crippen molar-refractivity contribution < 1.29 is 4.42 Å². The molecule has 3 aromatic heterocycles. The number of rotatable bonds is 4. The van der Waals surface area contributed by atoms with Crippen LogP contribution in [0.15, 0.2) is 138 Å². The molecule has 39 heavy (non-hydrogen) atoms. The summed E-state index contributed by atoms with van der Waals surface area (Å²) in [4.78, 5) is 7.06. The molecule has 3 nitrogen and oxygen atoms in total. The van der Waals surface area contributed by atoms with Gasteiger partial charge in [-0.1, -0.05) is 84.9 Å². The zero-order valence-corrected chi connectivity index (χ0v) is 21.7. The summed E-state index contributed by atoms with van der Waals surface area (Å²) in [6.07, 6.45) is 3.97. The molecule has 0 aliphatic carbocycles. The minimum absolute atomic E-state index is 0.870. The third-order valence-corrected chi connectivity index (χ3v) is 8.47. The molecule has 184 valence electrons. The third kappa shape index (κ3) is 3.53. The SMILES string of the molecule is c1ccc(-c2ccc(N(c3cccc4oc5ccccc5c34)c3cncc4sc5ccccc5c34)cc2)cc1. The average Bonchev–Trinajstić information content (AvgIpc) is 3.57. The van der Waals surface area contributed by atoms with Gasteiger partial charge in [-0.05, 0) is 47.5 Å². The average molecular weight is 519 g/mol. The number of furan rings is 1. The molecule has 0 unspecified atom stereocenters. The van der Waals surface area contributed by atoms with Crippen LogP contribution in [-0.2, 0) is 0 Å². The van der Waals surface area contributed by atoms with E-state index < -0.39 is 0 Å². The number of aromatic nitrogens is 1. The fourth-order valence-electron chi connectivity index (χ4n) is 5.61. The maximum absolute atomic E-state index is 6.29. The summed E-state index contributed by atoms with van der Waals surface area (Å²) >= 11 is 1.78. The highest BCUT2D eigenvalue weighted by atomic mass is 32.1. The molecule has 0 atom stereocenters. The lowest BCUT2D eigenvalue weighted by molar-refractivity contribution is 0.669. The number of pyridine rings is 1. The number of benzene rings is 5. The standard InChI is InChI=1S/C35H22N2OS/c1-2-9-23(10-3-1)24-17-19-25(20-18-24)37(28-13-8-15-31-34(28)26-11-4-6-14-30(26)38-31)29-21-36-22-33-35(29)27-12-5-7-16-32(27)39-33/h1-22H. The van der Waals surface area contributed by atoms with Crippen molar-refractivity contribution in [2.45, 2.75) is 0 Å². The second-order valence-corrected chi connectivity index (χ2v) is 10.7. The van der Waals surface area contributed by atoms with Gasteiger partial charge in [0.1, 0.15) is 11.2 Å². The molecule has 0 aliphatic heterocycles. The summed E-state index contributed by atoms with van der Waals surface area (Å²) in [5.74, 6) is 0. The Balaban J connectivity index is 1.43. The topological polar surface area (TPSA) is 29.3 Å². The Bertz CT molecular complexity index is 2010. The minimum atomic E-state index is 0.870. The first kappa shape index (κ1) is 22.1. The van der Waals surface area contributed by atoms with Crippen LogP contribution in [0.4, 0.5) is 17.1 Å². The molecule has 3 heterocycles. The van der Waals surface area contributed by atoms with Crippen molar-refractivity contribution in [1.29, 1.82) is 0 Å². The first-order chi connectivity index (χ1) is 19.3. The molecule has 0 fully saturated rings. The van der Waals surface area contributed by atoms with Gasteiger partial charge < -0.3 is 9.32 Å². The van der Waals surface area contributed by atoms with Crippen LogP contribution in [-0.4, -0.2) is 4.98 Å². The molecular weight excluding hydrogens is 496 g/mol. The Hall–Kier alpha value is -4.93. The molecule has 0 radical (unpaired) electrons. The number of hydrogen-bond acceptors (Lipinski definition) is 4. The van der Waals surface area contributed by atoms with Gasteiger partial charge in [-0.3, -0.25) is 4.98 Å². The fraction of sp³-hybridized carbons (Fsp3) is 0. The summed E-state index contributed by atoms with van der Waals surface area (Å²) in [5.41, 5.74) is 7.32. The Morgan fingerprint density at radius 3 is 2.10 bits per heavy atom. The van der Waals surface area contributed by atoms with Gasteiger partial charge in [0.25, 0.3) is 0 Å². The van der Waals surface area contributed by atoms with Gasteiger partial charge in [0, 0.05) is 32.7 Å². The first-order valence-electron chi connectivity index (χ1n) is 13.0. The van der Waals surface area contributed by atoms with Crippen LogP contribution in [0, 0.1) is 0 Å². The predicted molar refractivity (Wildman–Crippen MR) is 165 cm³/mol. The van der Waals surface area contributed by atoms with Crippen LogP contribution in [0.1, 0.15) is 0 Å². The van der Waals surface area contributed by atoms with E-state index in [9.17, 15) is 0 Å². The van der Waals surface area contributed by atoms with Crippen molar-refractivity contribution in [3.63, 3.8) is 0 Å². The normalized spacial score (nSPS) is 11.6. The van der Waals surface area contributed by atoms with Crippen LogP contribution < -0.4 is 4.90 Å². The summed E-state index contributed by atoms with van der Waals surface area (Å²) in [7, 11) is 0. The van der Waals surface area contributed by atoms with Gasteiger partial charge in [0.05, 0.1) is 27.7 Å².